The number of hydrogen-bond acceptors (Lipinski definition) is 2. The van der Waals surface area contributed by atoms with E-state index < -0.39 is 0 Å². The summed E-state index contributed by atoms with van der Waals surface area (Å²) < 4.78 is 12.7. The van der Waals surface area contributed by atoms with Gasteiger partial charge in [0.25, 0.3) is 0 Å². The van der Waals surface area contributed by atoms with Crippen molar-refractivity contribution < 1.29 is 9.47 Å². The first-order valence-corrected chi connectivity index (χ1v) is 8.04. The first-order chi connectivity index (χ1) is 10.5. The van der Waals surface area contributed by atoms with Gasteiger partial charge in [-0.2, -0.15) is 0 Å². The van der Waals surface area contributed by atoms with Gasteiger partial charge in [-0.15, -0.1) is 0 Å². The van der Waals surface area contributed by atoms with Crippen LogP contribution in [0.3, 0.4) is 0 Å². The summed E-state index contributed by atoms with van der Waals surface area (Å²) in [5.74, 6) is 1.35. The molecule has 0 bridgehead atoms. The minimum atomic E-state index is -0.196. The molecule has 2 heteroatoms. The molecule has 2 aliphatic rings. The Hall–Kier alpha value is -1.80. The predicted molar refractivity (Wildman–Crippen MR) is 87.0 cm³/mol. The van der Waals surface area contributed by atoms with E-state index in [-0.39, 0.29) is 17.8 Å². The summed E-state index contributed by atoms with van der Waals surface area (Å²) >= 11 is 0. The lowest BCUT2D eigenvalue weighted by Crippen LogP contribution is -2.42. The summed E-state index contributed by atoms with van der Waals surface area (Å²) in [5.41, 5.74) is 3.56. The monoisotopic (exact) mass is 294 g/mol. The van der Waals surface area contributed by atoms with Crippen molar-refractivity contribution in [2.45, 2.75) is 45.0 Å². The minimum Gasteiger partial charge on any atom is -0.487 e. The second-order valence-electron chi connectivity index (χ2n) is 7.04. The van der Waals surface area contributed by atoms with E-state index in [0.717, 1.165) is 12.2 Å². The number of rotatable bonds is 1. The smallest absolute Gasteiger partial charge is 0.125 e. The molecule has 0 aliphatic carbocycles. The van der Waals surface area contributed by atoms with E-state index in [4.69, 9.17) is 9.47 Å². The van der Waals surface area contributed by atoms with E-state index in [1.54, 1.807) is 0 Å². The molecule has 2 heterocycles. The maximum absolute atomic E-state index is 6.47. The highest BCUT2D eigenvalue weighted by molar-refractivity contribution is 5.40. The summed E-state index contributed by atoms with van der Waals surface area (Å²) in [4.78, 5) is 0. The summed E-state index contributed by atoms with van der Waals surface area (Å²) in [6.07, 6.45) is 1.30. The van der Waals surface area contributed by atoms with Gasteiger partial charge in [-0.3, -0.25) is 0 Å². The van der Waals surface area contributed by atoms with E-state index in [0.29, 0.717) is 5.92 Å². The van der Waals surface area contributed by atoms with Crippen LogP contribution in [0.25, 0.3) is 0 Å². The Labute approximate surface area is 132 Å². The molecule has 0 unspecified atom stereocenters. The van der Waals surface area contributed by atoms with Crippen molar-refractivity contribution in [2.75, 3.05) is 0 Å². The van der Waals surface area contributed by atoms with E-state index in [1.807, 2.05) is 6.07 Å². The first kappa shape index (κ1) is 13.8. The molecule has 0 saturated carbocycles. The first-order valence-electron chi connectivity index (χ1n) is 8.04. The number of para-hydroxylation sites is 1. The molecule has 3 atom stereocenters. The molecule has 0 radical (unpaired) electrons. The lowest BCUT2D eigenvalue weighted by molar-refractivity contribution is -0.0421. The number of aryl methyl sites for hydroxylation is 1. The third-order valence-corrected chi connectivity index (χ3v) is 5.08. The lowest BCUT2D eigenvalue weighted by atomic mass is 9.78. The minimum absolute atomic E-state index is 0.131. The largest absolute Gasteiger partial charge is 0.487 e. The van der Waals surface area contributed by atoms with E-state index >= 15 is 0 Å². The summed E-state index contributed by atoms with van der Waals surface area (Å²) in [6.45, 7) is 6.48. The van der Waals surface area contributed by atoms with Gasteiger partial charge in [0.15, 0.2) is 0 Å². The second kappa shape index (κ2) is 4.85. The van der Waals surface area contributed by atoms with Crippen molar-refractivity contribution in [3.8, 4) is 5.75 Å². The van der Waals surface area contributed by atoms with Crippen LogP contribution in [-0.4, -0.2) is 5.60 Å². The van der Waals surface area contributed by atoms with Gasteiger partial charge in [-0.05, 0) is 38.8 Å². The molecule has 22 heavy (non-hydrogen) atoms. The van der Waals surface area contributed by atoms with Crippen LogP contribution < -0.4 is 4.74 Å². The maximum Gasteiger partial charge on any atom is 0.125 e. The van der Waals surface area contributed by atoms with Crippen molar-refractivity contribution in [2.24, 2.45) is 5.92 Å². The summed E-state index contributed by atoms with van der Waals surface area (Å²) in [5, 5.41) is 0. The Bertz CT molecular complexity index is 687. The molecular formula is C20H22O2. The van der Waals surface area contributed by atoms with Crippen molar-refractivity contribution >= 4 is 0 Å². The average molecular weight is 294 g/mol. The van der Waals surface area contributed by atoms with Crippen LogP contribution >= 0.6 is 0 Å². The molecule has 114 valence electrons. The quantitative estimate of drug-likeness (QED) is 0.738. The molecular weight excluding hydrogens is 272 g/mol. The van der Waals surface area contributed by atoms with Gasteiger partial charge in [0, 0.05) is 11.5 Å². The number of benzene rings is 2. The molecule has 1 saturated heterocycles. The van der Waals surface area contributed by atoms with Gasteiger partial charge >= 0.3 is 0 Å². The zero-order valence-corrected chi connectivity index (χ0v) is 13.4. The molecule has 4 rings (SSSR count). The molecule has 0 spiro atoms. The van der Waals surface area contributed by atoms with Crippen LogP contribution in [0.4, 0.5) is 0 Å². The fourth-order valence-electron chi connectivity index (χ4n) is 3.78. The highest BCUT2D eigenvalue weighted by atomic mass is 16.5. The van der Waals surface area contributed by atoms with Crippen molar-refractivity contribution in [1.82, 2.24) is 0 Å². The van der Waals surface area contributed by atoms with E-state index in [1.165, 1.54) is 16.7 Å². The Kier molecular flexibility index (Phi) is 3.05. The maximum atomic E-state index is 6.47. The van der Waals surface area contributed by atoms with E-state index in [2.05, 4.69) is 63.2 Å². The van der Waals surface area contributed by atoms with Crippen LogP contribution in [0.1, 0.15) is 49.2 Å². The summed E-state index contributed by atoms with van der Waals surface area (Å²) in [7, 11) is 0. The van der Waals surface area contributed by atoms with Crippen LogP contribution in [0, 0.1) is 12.8 Å². The average Bonchev–Trinajstić information content (AvgIpc) is 2.94. The van der Waals surface area contributed by atoms with Crippen LogP contribution in [-0.2, 0) is 4.74 Å². The van der Waals surface area contributed by atoms with Gasteiger partial charge in [0.2, 0.25) is 0 Å². The zero-order chi connectivity index (χ0) is 15.3. The number of fused-ring (bicyclic) bond motifs is 3. The Balaban J connectivity index is 1.70. The highest BCUT2D eigenvalue weighted by Crippen LogP contribution is 2.55. The fraction of sp³-hybridized carbons (Fsp3) is 0.400. The third kappa shape index (κ3) is 2.14. The van der Waals surface area contributed by atoms with Gasteiger partial charge in [0.05, 0.1) is 12.2 Å². The van der Waals surface area contributed by atoms with Gasteiger partial charge < -0.3 is 9.47 Å². The highest BCUT2D eigenvalue weighted by Gasteiger charge is 2.50. The molecule has 2 aromatic carbocycles. The van der Waals surface area contributed by atoms with Crippen LogP contribution in [0.2, 0.25) is 0 Å². The summed E-state index contributed by atoms with van der Waals surface area (Å²) in [6, 6.07) is 17.0. The molecule has 0 aromatic heterocycles. The molecule has 0 N–H and O–H groups in total. The van der Waals surface area contributed by atoms with Gasteiger partial charge in [-0.1, -0.05) is 48.0 Å². The Morgan fingerprint density at radius 3 is 2.50 bits per heavy atom. The van der Waals surface area contributed by atoms with Crippen LogP contribution in [0.15, 0.2) is 48.5 Å². The van der Waals surface area contributed by atoms with Crippen molar-refractivity contribution in [3.63, 3.8) is 0 Å². The van der Waals surface area contributed by atoms with Gasteiger partial charge in [-0.25, -0.2) is 0 Å². The zero-order valence-electron chi connectivity index (χ0n) is 13.4. The van der Waals surface area contributed by atoms with E-state index in [9.17, 15) is 0 Å². The molecule has 2 nitrogen and oxygen atoms in total. The van der Waals surface area contributed by atoms with Crippen molar-refractivity contribution in [1.29, 1.82) is 0 Å². The van der Waals surface area contributed by atoms with Crippen molar-refractivity contribution in [3.05, 3.63) is 65.2 Å². The number of ether oxygens (including phenoxy) is 2. The van der Waals surface area contributed by atoms with Gasteiger partial charge in [0.1, 0.15) is 11.4 Å². The van der Waals surface area contributed by atoms with Crippen LogP contribution in [0.5, 0.6) is 5.75 Å². The predicted octanol–water partition coefficient (Wildman–Crippen LogP) is 4.98. The normalized spacial score (nSPS) is 28.6. The Morgan fingerprint density at radius 1 is 1.00 bits per heavy atom. The molecule has 2 aromatic rings. The third-order valence-electron chi connectivity index (χ3n) is 5.08. The second-order valence-corrected chi connectivity index (χ2v) is 7.04. The number of hydrogen-bond donors (Lipinski definition) is 0. The molecule has 0 amide bonds. The molecule has 1 fully saturated rings. The SMILES string of the molecule is Cc1ccc([C@H]2C[C@H]3[C@H](O2)c2ccccc2OC3(C)C)cc1. The fourth-order valence-corrected chi connectivity index (χ4v) is 3.78. The standard InChI is InChI=1S/C20H22O2/c1-13-8-10-14(11-9-13)18-12-16-19(21-18)15-6-4-5-7-17(15)22-20(16,2)3/h4-11,16,18-19H,12H2,1-3H3/t16-,18+,19+/m0/s1. The Morgan fingerprint density at radius 2 is 1.73 bits per heavy atom. The topological polar surface area (TPSA) is 18.5 Å². The lowest BCUT2D eigenvalue weighted by Gasteiger charge is -2.40. The molecule has 2 aliphatic heterocycles.